The Kier molecular flexibility index (Phi) is 5.38. The van der Waals surface area contributed by atoms with Crippen molar-refractivity contribution in [2.45, 2.75) is 20.0 Å². The number of anilines is 1. The highest BCUT2D eigenvalue weighted by molar-refractivity contribution is 5.84. The van der Waals surface area contributed by atoms with Crippen molar-refractivity contribution < 1.29 is 9.90 Å². The van der Waals surface area contributed by atoms with Crippen molar-refractivity contribution in [3.63, 3.8) is 0 Å². The number of carbonyl (C=O) groups is 1. The molecule has 8 heteroatoms. The number of carbonyl (C=O) groups excluding carboxylic acids is 1. The number of aliphatic hydroxyl groups is 1. The molecular weight excluding hydrogens is 380 g/mol. The van der Waals surface area contributed by atoms with Crippen molar-refractivity contribution in [1.29, 1.82) is 5.26 Å². The molecule has 4 rings (SSSR count). The number of hydrogen-bond donors (Lipinski definition) is 1. The summed E-state index contributed by atoms with van der Waals surface area (Å²) in [5.74, 6) is 0.554. The number of hydrogen-bond acceptors (Lipinski definition) is 6. The Morgan fingerprint density at radius 3 is 2.57 bits per heavy atom. The fourth-order valence-corrected chi connectivity index (χ4v) is 3.72. The van der Waals surface area contributed by atoms with Crippen LogP contribution < -0.4 is 4.90 Å². The minimum atomic E-state index is -0.946. The molecule has 1 N–H and O–H groups in total. The predicted molar refractivity (Wildman–Crippen MR) is 113 cm³/mol. The lowest BCUT2D eigenvalue weighted by molar-refractivity contribution is -0.142. The van der Waals surface area contributed by atoms with Crippen LogP contribution in [0.5, 0.6) is 0 Å². The van der Waals surface area contributed by atoms with Gasteiger partial charge in [-0.2, -0.15) is 10.4 Å². The van der Waals surface area contributed by atoms with Gasteiger partial charge in [0.25, 0.3) is 5.91 Å². The third-order valence-corrected chi connectivity index (χ3v) is 5.52. The average molecular weight is 404 g/mol. The van der Waals surface area contributed by atoms with Crippen molar-refractivity contribution >= 4 is 17.2 Å². The fourth-order valence-electron chi connectivity index (χ4n) is 3.72. The van der Waals surface area contributed by atoms with Crippen molar-refractivity contribution in [2.75, 3.05) is 31.1 Å². The first-order valence-corrected chi connectivity index (χ1v) is 10.0. The molecule has 1 aliphatic heterocycles. The number of fused-ring (bicyclic) bond motifs is 1. The zero-order chi connectivity index (χ0) is 21.3. The van der Waals surface area contributed by atoms with Gasteiger partial charge in [0.2, 0.25) is 0 Å². The summed E-state index contributed by atoms with van der Waals surface area (Å²) in [4.78, 5) is 20.8. The topological polar surface area (TPSA) is 97.8 Å². The first-order valence-electron chi connectivity index (χ1n) is 10.0. The number of aliphatic hydroxyl groups excluding tert-OH is 1. The lowest BCUT2D eigenvalue weighted by atomic mass is 10.1. The maximum Gasteiger partial charge on any atom is 0.251 e. The van der Waals surface area contributed by atoms with E-state index >= 15 is 0 Å². The monoisotopic (exact) mass is 404 g/mol. The fraction of sp³-hybridized carbons (Fsp3) is 0.364. The Labute approximate surface area is 175 Å². The molecule has 8 nitrogen and oxygen atoms in total. The van der Waals surface area contributed by atoms with Crippen LogP contribution in [-0.2, 0) is 4.79 Å². The van der Waals surface area contributed by atoms with Crippen LogP contribution in [0.3, 0.4) is 0 Å². The molecule has 0 bridgehead atoms. The van der Waals surface area contributed by atoms with Gasteiger partial charge < -0.3 is 14.9 Å². The van der Waals surface area contributed by atoms with E-state index in [0.717, 1.165) is 22.5 Å². The van der Waals surface area contributed by atoms with E-state index in [1.807, 2.05) is 44.3 Å². The van der Waals surface area contributed by atoms with Crippen LogP contribution in [-0.4, -0.2) is 62.8 Å². The predicted octanol–water partition coefficient (Wildman–Crippen LogP) is 1.93. The second-order valence-corrected chi connectivity index (χ2v) is 7.79. The van der Waals surface area contributed by atoms with Crippen LogP contribution in [0.2, 0.25) is 0 Å². The zero-order valence-electron chi connectivity index (χ0n) is 17.1. The van der Waals surface area contributed by atoms with E-state index in [2.05, 4.69) is 21.1 Å². The van der Waals surface area contributed by atoms with Gasteiger partial charge in [0.1, 0.15) is 18.0 Å². The van der Waals surface area contributed by atoms with Gasteiger partial charge in [-0.3, -0.25) is 4.79 Å². The van der Waals surface area contributed by atoms with Gasteiger partial charge in [-0.05, 0) is 24.1 Å². The number of nitrogens with zero attached hydrogens (tertiary/aromatic N) is 6. The smallest absolute Gasteiger partial charge is 0.251 e. The maximum absolute atomic E-state index is 12.3. The van der Waals surface area contributed by atoms with E-state index in [1.165, 1.54) is 0 Å². The number of piperazine rings is 1. The second-order valence-electron chi connectivity index (χ2n) is 7.79. The number of pyridine rings is 2. The first kappa shape index (κ1) is 19.9. The molecule has 1 unspecified atom stereocenters. The Hall–Kier alpha value is -3.44. The molecule has 0 aliphatic carbocycles. The van der Waals surface area contributed by atoms with E-state index in [9.17, 15) is 15.2 Å². The molecule has 1 saturated heterocycles. The molecule has 30 heavy (non-hydrogen) atoms. The number of aromatic nitrogens is 3. The second kappa shape index (κ2) is 8.13. The highest BCUT2D eigenvalue weighted by atomic mass is 16.3. The Morgan fingerprint density at radius 2 is 1.93 bits per heavy atom. The van der Waals surface area contributed by atoms with Gasteiger partial charge in [-0.25, -0.2) is 9.50 Å². The van der Waals surface area contributed by atoms with E-state index in [-0.39, 0.29) is 11.8 Å². The minimum absolute atomic E-state index is 0.0912. The molecule has 0 radical (unpaired) electrons. The van der Waals surface area contributed by atoms with Crippen LogP contribution in [0.4, 0.5) is 5.82 Å². The summed E-state index contributed by atoms with van der Waals surface area (Å²) in [6, 6.07) is 9.99. The third kappa shape index (κ3) is 3.60. The number of amides is 1. The molecule has 3 aromatic rings. The molecule has 1 amide bonds. The van der Waals surface area contributed by atoms with Gasteiger partial charge in [-0.15, -0.1) is 0 Å². The molecule has 0 saturated carbocycles. The highest BCUT2D eigenvalue weighted by Crippen LogP contribution is 2.27. The van der Waals surface area contributed by atoms with Gasteiger partial charge in [0.05, 0.1) is 17.3 Å². The largest absolute Gasteiger partial charge is 0.383 e. The van der Waals surface area contributed by atoms with Crippen LogP contribution in [0.1, 0.15) is 19.4 Å². The highest BCUT2D eigenvalue weighted by Gasteiger charge is 2.28. The summed E-state index contributed by atoms with van der Waals surface area (Å²) in [6.45, 7) is 6.14. The Bertz CT molecular complexity index is 1090. The molecule has 154 valence electrons. The van der Waals surface area contributed by atoms with Gasteiger partial charge in [0, 0.05) is 49.7 Å². The third-order valence-electron chi connectivity index (χ3n) is 5.52. The Morgan fingerprint density at radius 1 is 1.17 bits per heavy atom. The standard InChI is InChI=1S/C22H24N6O2/c1-15(2)21(29)22(30)27-10-8-26(9-11-27)19-6-5-16(13-24-19)18-4-3-7-28-20(18)17(12-23)14-25-28/h3-7,13-15,21,29H,8-11H2,1-2H3. The molecule has 3 aromatic heterocycles. The quantitative estimate of drug-likeness (QED) is 0.714. The Balaban J connectivity index is 1.49. The molecule has 1 fully saturated rings. The van der Waals surface area contributed by atoms with Gasteiger partial charge in [0.15, 0.2) is 0 Å². The SMILES string of the molecule is CC(C)C(O)C(=O)N1CCN(c2ccc(-c3cccn4ncc(C#N)c34)cn2)CC1. The van der Waals surface area contributed by atoms with Crippen LogP contribution >= 0.6 is 0 Å². The summed E-state index contributed by atoms with van der Waals surface area (Å²) in [6.07, 6.45) is 4.24. The lowest BCUT2D eigenvalue weighted by Crippen LogP contribution is -2.52. The molecule has 1 atom stereocenters. The molecule has 0 aromatic carbocycles. The molecule has 4 heterocycles. The van der Waals surface area contributed by atoms with Gasteiger partial charge in [-0.1, -0.05) is 19.9 Å². The lowest BCUT2D eigenvalue weighted by Gasteiger charge is -2.36. The van der Waals surface area contributed by atoms with Crippen molar-refractivity contribution in [1.82, 2.24) is 19.5 Å². The van der Waals surface area contributed by atoms with Crippen LogP contribution in [0.15, 0.2) is 42.9 Å². The van der Waals surface area contributed by atoms with Gasteiger partial charge >= 0.3 is 0 Å². The van der Waals surface area contributed by atoms with Crippen molar-refractivity contribution in [2.24, 2.45) is 5.92 Å². The summed E-state index contributed by atoms with van der Waals surface area (Å²) >= 11 is 0. The summed E-state index contributed by atoms with van der Waals surface area (Å²) in [7, 11) is 0. The van der Waals surface area contributed by atoms with E-state index in [0.29, 0.717) is 31.7 Å². The first-order chi connectivity index (χ1) is 14.5. The summed E-state index contributed by atoms with van der Waals surface area (Å²) in [5, 5.41) is 23.6. The van der Waals surface area contributed by atoms with Crippen LogP contribution in [0.25, 0.3) is 16.6 Å². The summed E-state index contributed by atoms with van der Waals surface area (Å²) < 4.78 is 1.70. The van der Waals surface area contributed by atoms with E-state index in [4.69, 9.17) is 0 Å². The summed E-state index contributed by atoms with van der Waals surface area (Å²) in [5.41, 5.74) is 3.11. The van der Waals surface area contributed by atoms with E-state index < -0.39 is 6.10 Å². The average Bonchev–Trinajstić information content (AvgIpc) is 3.22. The van der Waals surface area contributed by atoms with Crippen molar-refractivity contribution in [3.8, 4) is 17.2 Å². The molecular formula is C22H24N6O2. The normalized spacial score (nSPS) is 15.4. The zero-order valence-corrected chi connectivity index (χ0v) is 17.1. The number of rotatable bonds is 4. The van der Waals surface area contributed by atoms with Crippen molar-refractivity contribution in [3.05, 3.63) is 48.4 Å². The number of nitriles is 1. The molecule has 0 spiro atoms. The maximum atomic E-state index is 12.3. The van der Waals surface area contributed by atoms with E-state index in [1.54, 1.807) is 21.8 Å². The molecule has 1 aliphatic rings. The minimum Gasteiger partial charge on any atom is -0.383 e. The van der Waals surface area contributed by atoms with Crippen LogP contribution in [0, 0.1) is 17.2 Å².